The second-order valence-electron chi connectivity index (χ2n) is 5.00. The average Bonchev–Trinajstić information content (AvgIpc) is 2.59. The number of nitrogens with one attached hydrogen (secondary N) is 1. The molecule has 0 saturated carbocycles. The van der Waals surface area contributed by atoms with E-state index in [2.05, 4.69) is 10.3 Å². The Morgan fingerprint density at radius 2 is 1.80 bits per heavy atom. The number of hydrogen-bond acceptors (Lipinski definition) is 3. The highest BCUT2D eigenvalue weighted by Crippen LogP contribution is 2.31. The lowest BCUT2D eigenvalue weighted by atomic mass is 10.2. The van der Waals surface area contributed by atoms with Crippen LogP contribution in [-0.4, -0.2) is 10.9 Å². The molecule has 0 saturated heterocycles. The molecule has 0 aliphatic heterocycles. The van der Waals surface area contributed by atoms with Crippen molar-refractivity contribution >= 4 is 58.2 Å². The van der Waals surface area contributed by atoms with Gasteiger partial charge in [-0.1, -0.05) is 52.6 Å². The van der Waals surface area contributed by atoms with Crippen molar-refractivity contribution in [3.63, 3.8) is 0 Å². The zero-order chi connectivity index (χ0) is 17.8. The van der Waals surface area contributed by atoms with E-state index in [1.165, 1.54) is 11.8 Å². The Bertz CT molecular complexity index is 934. The van der Waals surface area contributed by atoms with Gasteiger partial charge in [0.05, 0.1) is 15.6 Å². The molecule has 1 heterocycles. The highest BCUT2D eigenvalue weighted by Gasteiger charge is 2.14. The largest absolute Gasteiger partial charge is 0.322 e. The Morgan fingerprint density at radius 1 is 0.960 bits per heavy atom. The Morgan fingerprint density at radius 3 is 2.56 bits per heavy atom. The van der Waals surface area contributed by atoms with Crippen molar-refractivity contribution < 1.29 is 4.79 Å². The minimum atomic E-state index is -0.281. The summed E-state index contributed by atoms with van der Waals surface area (Å²) in [6.07, 6.45) is 1.64. The third-order valence-electron chi connectivity index (χ3n) is 3.20. The van der Waals surface area contributed by atoms with Crippen LogP contribution in [0.4, 0.5) is 5.69 Å². The quantitative estimate of drug-likeness (QED) is 0.538. The molecule has 1 amide bonds. The van der Waals surface area contributed by atoms with E-state index in [0.29, 0.717) is 31.3 Å². The molecule has 0 fully saturated rings. The van der Waals surface area contributed by atoms with Crippen molar-refractivity contribution in [2.45, 2.75) is 9.92 Å². The van der Waals surface area contributed by atoms with Crippen LogP contribution in [-0.2, 0) is 0 Å². The molecule has 126 valence electrons. The van der Waals surface area contributed by atoms with E-state index in [0.717, 1.165) is 4.90 Å². The summed E-state index contributed by atoms with van der Waals surface area (Å²) in [5, 5.41) is 4.82. The molecular weight excluding hydrogens is 399 g/mol. The van der Waals surface area contributed by atoms with Crippen LogP contribution >= 0.6 is 46.6 Å². The maximum Gasteiger partial charge on any atom is 0.258 e. The monoisotopic (exact) mass is 408 g/mol. The smallest absolute Gasteiger partial charge is 0.258 e. The number of hydrogen-bond donors (Lipinski definition) is 1. The van der Waals surface area contributed by atoms with Gasteiger partial charge in [0.2, 0.25) is 0 Å². The molecule has 0 aliphatic carbocycles. The van der Waals surface area contributed by atoms with Crippen molar-refractivity contribution in [3.8, 4) is 0 Å². The summed E-state index contributed by atoms with van der Waals surface area (Å²) in [7, 11) is 0. The maximum atomic E-state index is 12.6. The van der Waals surface area contributed by atoms with Crippen molar-refractivity contribution in [1.29, 1.82) is 0 Å². The molecule has 2 aromatic carbocycles. The third-order valence-corrected chi connectivity index (χ3v) is 5.19. The first-order chi connectivity index (χ1) is 12.0. The third kappa shape index (κ3) is 4.67. The number of nitrogens with zero attached hydrogens (tertiary/aromatic N) is 1. The molecule has 0 aliphatic rings. The second kappa shape index (κ2) is 8.11. The lowest BCUT2D eigenvalue weighted by Gasteiger charge is -2.10. The van der Waals surface area contributed by atoms with Gasteiger partial charge in [-0.05, 0) is 48.5 Å². The first kappa shape index (κ1) is 18.1. The second-order valence-corrected chi connectivity index (χ2v) is 7.31. The number of anilines is 1. The normalized spacial score (nSPS) is 10.5. The van der Waals surface area contributed by atoms with Gasteiger partial charge in [0, 0.05) is 21.8 Å². The van der Waals surface area contributed by atoms with Crippen LogP contribution in [0, 0.1) is 0 Å². The topological polar surface area (TPSA) is 42.0 Å². The molecule has 0 atom stereocenters. The molecule has 0 radical (unpaired) electrons. The summed E-state index contributed by atoms with van der Waals surface area (Å²) < 4.78 is 0. The van der Waals surface area contributed by atoms with E-state index < -0.39 is 0 Å². The van der Waals surface area contributed by atoms with Crippen LogP contribution in [0.15, 0.2) is 70.7 Å². The number of pyridine rings is 1. The number of halogens is 3. The summed E-state index contributed by atoms with van der Waals surface area (Å²) in [4.78, 5) is 17.8. The minimum Gasteiger partial charge on any atom is -0.322 e. The van der Waals surface area contributed by atoms with E-state index in [9.17, 15) is 4.79 Å². The fraction of sp³-hybridized carbons (Fsp3) is 0. The van der Waals surface area contributed by atoms with E-state index in [-0.39, 0.29) is 5.91 Å². The predicted octanol–water partition coefficient (Wildman–Crippen LogP) is 6.45. The Hall–Kier alpha value is -1.72. The number of rotatable bonds is 4. The number of benzene rings is 2. The minimum absolute atomic E-state index is 0.281. The highest BCUT2D eigenvalue weighted by molar-refractivity contribution is 7.99. The maximum absolute atomic E-state index is 12.6. The van der Waals surface area contributed by atoms with Gasteiger partial charge in [-0.2, -0.15) is 0 Å². The summed E-state index contributed by atoms with van der Waals surface area (Å²) in [6.45, 7) is 0. The van der Waals surface area contributed by atoms with Crippen LogP contribution in [0.5, 0.6) is 0 Å². The van der Waals surface area contributed by atoms with Crippen LogP contribution < -0.4 is 5.32 Å². The molecule has 0 spiro atoms. The summed E-state index contributed by atoms with van der Waals surface area (Å²) in [5.74, 6) is -0.281. The summed E-state index contributed by atoms with van der Waals surface area (Å²) in [6, 6.07) is 15.7. The van der Waals surface area contributed by atoms with E-state index in [1.54, 1.807) is 42.6 Å². The SMILES string of the molecule is O=C(Nc1ccc(Cl)c(Cl)c1)c1cccnc1Sc1cccc(Cl)c1. The lowest BCUT2D eigenvalue weighted by molar-refractivity contribution is 0.102. The Kier molecular flexibility index (Phi) is 5.86. The number of aromatic nitrogens is 1. The Labute approximate surface area is 164 Å². The van der Waals surface area contributed by atoms with Gasteiger partial charge in [-0.15, -0.1) is 0 Å². The molecule has 3 rings (SSSR count). The molecular formula is C18H11Cl3N2OS. The zero-order valence-electron chi connectivity index (χ0n) is 12.7. The predicted molar refractivity (Wildman–Crippen MR) is 104 cm³/mol. The van der Waals surface area contributed by atoms with E-state index in [1.807, 2.05) is 18.2 Å². The van der Waals surface area contributed by atoms with Gasteiger partial charge in [-0.25, -0.2) is 4.98 Å². The van der Waals surface area contributed by atoms with Crippen LogP contribution in [0.2, 0.25) is 15.1 Å². The van der Waals surface area contributed by atoms with Gasteiger partial charge in [0.25, 0.3) is 5.91 Å². The molecule has 3 nitrogen and oxygen atoms in total. The van der Waals surface area contributed by atoms with Gasteiger partial charge >= 0.3 is 0 Å². The lowest BCUT2D eigenvalue weighted by Crippen LogP contribution is -2.13. The Balaban J connectivity index is 1.84. The molecule has 25 heavy (non-hydrogen) atoms. The standard InChI is InChI=1S/C18H11Cl3N2OS/c19-11-3-1-4-13(9-11)25-18-14(5-2-8-22-18)17(24)23-12-6-7-15(20)16(21)10-12/h1-10H,(H,23,24). The molecule has 1 N–H and O–H groups in total. The summed E-state index contributed by atoms with van der Waals surface area (Å²) in [5.41, 5.74) is 1.01. The number of carbonyl (C=O) groups is 1. The average molecular weight is 410 g/mol. The van der Waals surface area contributed by atoms with E-state index in [4.69, 9.17) is 34.8 Å². The van der Waals surface area contributed by atoms with Gasteiger partial charge in [0.15, 0.2) is 0 Å². The summed E-state index contributed by atoms with van der Waals surface area (Å²) >= 11 is 19.3. The fourth-order valence-corrected chi connectivity index (χ4v) is 3.55. The first-order valence-corrected chi connectivity index (χ1v) is 9.13. The van der Waals surface area contributed by atoms with Crippen LogP contribution in [0.25, 0.3) is 0 Å². The van der Waals surface area contributed by atoms with Gasteiger partial charge < -0.3 is 5.32 Å². The molecule has 1 aromatic heterocycles. The molecule has 3 aromatic rings. The van der Waals surface area contributed by atoms with E-state index >= 15 is 0 Å². The van der Waals surface area contributed by atoms with Crippen molar-refractivity contribution in [1.82, 2.24) is 4.98 Å². The molecule has 0 bridgehead atoms. The van der Waals surface area contributed by atoms with Crippen molar-refractivity contribution in [2.24, 2.45) is 0 Å². The fourth-order valence-electron chi connectivity index (χ4n) is 2.06. The van der Waals surface area contributed by atoms with Gasteiger partial charge in [0.1, 0.15) is 5.03 Å². The van der Waals surface area contributed by atoms with Crippen LogP contribution in [0.1, 0.15) is 10.4 Å². The van der Waals surface area contributed by atoms with Crippen molar-refractivity contribution in [3.05, 3.63) is 81.4 Å². The van der Waals surface area contributed by atoms with Crippen molar-refractivity contribution in [2.75, 3.05) is 5.32 Å². The van der Waals surface area contributed by atoms with Gasteiger partial charge in [-0.3, -0.25) is 4.79 Å². The number of amides is 1. The molecule has 7 heteroatoms. The van der Waals surface area contributed by atoms with Crippen LogP contribution in [0.3, 0.4) is 0 Å². The first-order valence-electron chi connectivity index (χ1n) is 7.18. The zero-order valence-corrected chi connectivity index (χ0v) is 15.8. The highest BCUT2D eigenvalue weighted by atomic mass is 35.5. The number of carbonyl (C=O) groups excluding carboxylic acids is 1. The molecule has 0 unspecified atom stereocenters.